The molecule has 0 radical (unpaired) electrons. The first-order valence-electron chi connectivity index (χ1n) is 32.0. The molecule has 0 bridgehead atoms. The van der Waals surface area contributed by atoms with Gasteiger partial charge in [-0.1, -0.05) is 273 Å². The first-order chi connectivity index (χ1) is 46.7. The van der Waals surface area contributed by atoms with Crippen LogP contribution < -0.4 is 35.0 Å². The molecule has 2 aliphatic rings. The van der Waals surface area contributed by atoms with Crippen LogP contribution in [0.3, 0.4) is 0 Å². The number of hydrogen-bond donors (Lipinski definition) is 0. The molecule has 15 aromatic rings. The van der Waals surface area contributed by atoms with Crippen molar-refractivity contribution in [1.82, 2.24) is 29.1 Å². The van der Waals surface area contributed by atoms with Crippen LogP contribution in [0, 0.1) is 0 Å². The van der Waals surface area contributed by atoms with Gasteiger partial charge in [-0.25, -0.2) is 19.9 Å². The third kappa shape index (κ3) is 16.0. The molecule has 17 rings (SSSR count). The van der Waals surface area contributed by atoms with E-state index in [1.165, 1.54) is 54.8 Å². The van der Waals surface area contributed by atoms with Crippen LogP contribution in [0.1, 0.15) is 63.9 Å². The molecule has 1 aliphatic carbocycles. The van der Waals surface area contributed by atoms with E-state index < -0.39 is 7.15 Å². The van der Waals surface area contributed by atoms with E-state index in [1.54, 1.807) is 0 Å². The van der Waals surface area contributed by atoms with Gasteiger partial charge in [-0.3, -0.25) is 8.96 Å². The molecule has 0 spiro atoms. The largest absolute Gasteiger partial charge is 1.00 e. The second kappa shape index (κ2) is 33.0. The Labute approximate surface area is 628 Å². The van der Waals surface area contributed by atoms with Crippen molar-refractivity contribution in [3.8, 4) is 67.8 Å². The van der Waals surface area contributed by atoms with Gasteiger partial charge in [0.2, 0.25) is 11.2 Å². The normalized spacial score (nSPS) is 12.7. The first-order valence-corrected chi connectivity index (χ1v) is 33.2. The summed E-state index contributed by atoms with van der Waals surface area (Å²) >= 11 is 13.2. The summed E-state index contributed by atoms with van der Waals surface area (Å²) in [6.45, 7) is 8.36. The molecule has 14 heteroatoms. The molecule has 5 heterocycles. The predicted octanol–water partition coefficient (Wildman–Crippen LogP) is 20.8. The quantitative estimate of drug-likeness (QED) is 0.117. The number of hydrogen-bond acceptors (Lipinski definition) is 6. The zero-order valence-electron chi connectivity index (χ0n) is 55.7. The van der Waals surface area contributed by atoms with Gasteiger partial charge in [-0.05, 0) is 146 Å². The number of nitrogens with zero attached hydrogens (tertiary/aromatic N) is 6. The third-order valence-corrected chi connectivity index (χ3v) is 18.7. The summed E-state index contributed by atoms with van der Waals surface area (Å²) in [4.78, 5) is 18.6. The molecule has 492 valence electrons. The average molecular weight is 1460 g/mol. The summed E-state index contributed by atoms with van der Waals surface area (Å²) in [6, 6.07) is 100.0. The average Bonchev–Trinajstić information content (AvgIpc) is 1.55. The van der Waals surface area contributed by atoms with Gasteiger partial charge >= 0.3 is 36.7 Å². The Kier molecular flexibility index (Phi) is 24.4. The van der Waals surface area contributed by atoms with Crippen molar-refractivity contribution in [2.75, 3.05) is 7.15 Å². The smallest absolute Gasteiger partial charge is 1.00 e. The van der Waals surface area contributed by atoms with Gasteiger partial charge in [-0.15, -0.1) is 0 Å². The van der Waals surface area contributed by atoms with E-state index >= 15 is 0 Å². The van der Waals surface area contributed by atoms with Gasteiger partial charge in [0.25, 0.3) is 0 Å². The molecule has 11 aromatic carbocycles. The Morgan fingerprint density at radius 3 is 1.34 bits per heavy atom. The molecule has 1 fully saturated rings. The summed E-state index contributed by atoms with van der Waals surface area (Å²) in [6.07, 6.45) is 1.08. The fourth-order valence-electron chi connectivity index (χ4n) is 12.2. The zero-order chi connectivity index (χ0) is 66.3. The van der Waals surface area contributed by atoms with E-state index in [1.807, 2.05) is 109 Å². The molecular weight excluding hydrogens is 1390 g/mol. The van der Waals surface area contributed by atoms with Crippen molar-refractivity contribution in [1.29, 1.82) is 0 Å². The minimum atomic E-state index is -1.00. The number of fused-ring (bicyclic) bond motifs is 9. The van der Waals surface area contributed by atoms with Gasteiger partial charge in [0.1, 0.15) is 0 Å². The Hall–Kier alpha value is -8.66. The standard InChI is InChI=1S/C28H18BrN3.C24H24BNO2.C16H11ClN2.C13H9Br.CH3F.3CH4.Na.H/c29-21-15-16-27-23(17-21)22-13-7-8-14-26(22)32(27)28-30-24(19-9-3-1-4-10-19)18-25(31-28)20-11-5-2-6-12-20;1-23(2)24(3,4)28-25(27-23)17-14-15-20-19-12-8-9-13-21(19)26(22(20)16-17)18-10-6-5-7-11-18;17-16-18-14(12-7-3-1-4-8-12)11-15(19-16)13-9-5-2-6-10-13;14-11-6-5-10-7-9-3-1-2-4-12(9)13(10)8-11;1-2;;;;;/h1-18H;5-16H,1-4H3;1-11H;1-6,8H,7H2;1H3;3*1H4;;/q;;;;;;;;+1;-1/i;;;;1D;;;;;. The predicted molar refractivity (Wildman–Crippen MR) is 420 cm³/mol. The number of rotatable bonds is 7. The van der Waals surface area contributed by atoms with E-state index in [-0.39, 0.29) is 76.9 Å². The molecule has 99 heavy (non-hydrogen) atoms. The maximum absolute atomic E-state index is 9.96. The topological polar surface area (TPSA) is 79.9 Å². The van der Waals surface area contributed by atoms with Crippen molar-refractivity contribution >= 4 is 99.7 Å². The van der Waals surface area contributed by atoms with Crippen molar-refractivity contribution in [2.45, 2.75) is 67.6 Å². The molecule has 0 amide bonds. The maximum Gasteiger partial charge on any atom is 1.00 e. The Bertz CT molecular complexity index is 5110. The third-order valence-electron chi connectivity index (χ3n) is 17.5. The number of alkyl halides is 1. The zero-order valence-corrected chi connectivity index (χ0v) is 59.6. The fraction of sp³-hybridized carbons (Fsp3) is 0.129. The Balaban J connectivity index is 0.000000172. The number of para-hydroxylation sites is 3. The minimum Gasteiger partial charge on any atom is -1.00 e. The van der Waals surface area contributed by atoms with Crippen molar-refractivity contribution in [3.63, 3.8) is 0 Å². The van der Waals surface area contributed by atoms with Crippen LogP contribution in [0.15, 0.2) is 300 Å². The molecule has 1 aliphatic heterocycles. The second-order valence-electron chi connectivity index (χ2n) is 24.0. The number of halogens is 4. The Morgan fingerprint density at radius 2 is 0.818 bits per heavy atom. The van der Waals surface area contributed by atoms with Crippen molar-refractivity contribution < 1.29 is 46.1 Å². The fourth-order valence-corrected chi connectivity index (χ4v) is 13.1. The van der Waals surface area contributed by atoms with Crippen LogP contribution >= 0.6 is 43.5 Å². The van der Waals surface area contributed by atoms with E-state index in [0.717, 1.165) is 82.6 Å². The molecule has 0 saturated carbocycles. The first kappa shape index (κ1) is 73.1. The second-order valence-corrected chi connectivity index (χ2v) is 26.2. The Morgan fingerprint density at radius 1 is 0.424 bits per heavy atom. The summed E-state index contributed by atoms with van der Waals surface area (Å²) < 4.78 is 34.8. The van der Waals surface area contributed by atoms with Gasteiger partial charge in [-0.2, -0.15) is 0 Å². The SMILES string of the molecule is Brc1ccc2c(c1)-c1ccccc1C2.Brc1ccc2c(c1)c1ccccc1n2-c1nc(-c2ccccc2)cc(-c2ccccc2)n1.C.C.C.CC1(C)OB(c2ccc3c4ccccc4n(-c4ccccc4)c3c2)OC1(C)C.Clc1nc(-c2ccccc2)cc(-c2ccccc2)n1.[2H]CF.[H-].[Na+]. The summed E-state index contributed by atoms with van der Waals surface area (Å²) in [5, 5.41) is 5.10. The molecule has 8 nitrogen and oxygen atoms in total. The number of benzene rings is 11. The van der Waals surface area contributed by atoms with Crippen LogP contribution in [0.25, 0.3) is 111 Å². The van der Waals surface area contributed by atoms with Crippen LogP contribution in [0.4, 0.5) is 4.39 Å². The minimum absolute atomic E-state index is 0. The van der Waals surface area contributed by atoms with E-state index in [2.05, 4.69) is 261 Å². The van der Waals surface area contributed by atoms with E-state index in [0.29, 0.717) is 5.95 Å². The van der Waals surface area contributed by atoms with Crippen LogP contribution in [-0.4, -0.2) is 54.5 Å². The molecule has 0 unspecified atom stereocenters. The monoisotopic (exact) mass is 1460 g/mol. The van der Waals surface area contributed by atoms with Crippen molar-refractivity contribution in [3.05, 3.63) is 317 Å². The molecule has 4 aromatic heterocycles. The molecule has 1 saturated heterocycles. The van der Waals surface area contributed by atoms with Crippen LogP contribution in [-0.2, 0) is 15.7 Å². The summed E-state index contributed by atoms with van der Waals surface area (Å²) in [5.74, 6) is 0.665. The van der Waals surface area contributed by atoms with Gasteiger partial charge in [0.15, 0.2) is 0 Å². The van der Waals surface area contributed by atoms with E-state index in [9.17, 15) is 4.39 Å². The van der Waals surface area contributed by atoms with Crippen LogP contribution in [0.5, 0.6) is 0 Å². The molecule has 0 N–H and O–H groups in total. The molecular formula is C85H78BBr2ClFN6NaO2. The summed E-state index contributed by atoms with van der Waals surface area (Å²) in [7, 11) is -1.36. The van der Waals surface area contributed by atoms with Gasteiger partial charge < -0.3 is 15.3 Å². The van der Waals surface area contributed by atoms with Gasteiger partial charge in [0, 0.05) is 58.4 Å². The maximum atomic E-state index is 9.96. The van der Waals surface area contributed by atoms with Crippen LogP contribution in [0.2, 0.25) is 5.28 Å². The van der Waals surface area contributed by atoms with Crippen molar-refractivity contribution in [2.24, 2.45) is 0 Å². The number of aromatic nitrogens is 6. The summed E-state index contributed by atoms with van der Waals surface area (Å²) in [5.41, 5.74) is 19.4. The van der Waals surface area contributed by atoms with Gasteiger partial charge in [0.05, 0.1) is 64.6 Å². The van der Waals surface area contributed by atoms with E-state index in [4.69, 9.17) is 32.2 Å². The molecule has 0 atom stereocenters.